The molecule has 1 aromatic heterocycles. The molecule has 20 heavy (non-hydrogen) atoms. The normalized spacial score (nSPS) is 10.6. The number of rotatable bonds is 4. The van der Waals surface area contributed by atoms with E-state index in [2.05, 4.69) is 5.32 Å². The largest absolute Gasteiger partial charge is 0.508 e. The van der Waals surface area contributed by atoms with E-state index in [1.807, 2.05) is 18.4 Å². The van der Waals surface area contributed by atoms with Crippen LogP contribution in [0.15, 0.2) is 30.5 Å². The second-order valence-electron chi connectivity index (χ2n) is 4.69. The van der Waals surface area contributed by atoms with Crippen molar-refractivity contribution in [3.8, 4) is 5.75 Å². The lowest BCUT2D eigenvalue weighted by atomic mass is 10.2. The summed E-state index contributed by atoms with van der Waals surface area (Å²) >= 11 is 5.97. The number of nitrogens with one attached hydrogen (secondary N) is 1. The summed E-state index contributed by atoms with van der Waals surface area (Å²) in [5, 5.41) is 12.8. The van der Waals surface area contributed by atoms with E-state index in [1.54, 1.807) is 30.5 Å². The third-order valence-corrected chi connectivity index (χ3v) is 3.23. The van der Waals surface area contributed by atoms with Crippen LogP contribution in [-0.4, -0.2) is 15.6 Å². The Labute approximate surface area is 123 Å². The summed E-state index contributed by atoms with van der Waals surface area (Å²) < 4.78 is 1.84. The van der Waals surface area contributed by atoms with Gasteiger partial charge in [-0.05, 0) is 43.2 Å². The molecule has 0 spiro atoms. The van der Waals surface area contributed by atoms with Crippen LogP contribution in [0, 0.1) is 6.92 Å². The van der Waals surface area contributed by atoms with Crippen LogP contribution in [0.25, 0.3) is 0 Å². The predicted molar refractivity (Wildman–Crippen MR) is 80.5 cm³/mol. The van der Waals surface area contributed by atoms with Crippen molar-refractivity contribution in [1.82, 2.24) is 4.57 Å². The van der Waals surface area contributed by atoms with Crippen molar-refractivity contribution in [2.75, 3.05) is 5.32 Å². The van der Waals surface area contributed by atoms with E-state index in [1.165, 1.54) is 0 Å². The van der Waals surface area contributed by atoms with E-state index < -0.39 is 0 Å². The summed E-state index contributed by atoms with van der Waals surface area (Å²) in [6, 6.07) is 6.48. The standard InChI is InChI=1S/C15H17ClN2O2/c1-3-6-18-9-11(16)8-14(18)15(20)17-13-5-4-12(19)7-10(13)2/h4-5,7-9,19H,3,6H2,1-2H3,(H,17,20). The molecule has 0 saturated heterocycles. The first kappa shape index (κ1) is 14.5. The molecule has 106 valence electrons. The lowest BCUT2D eigenvalue weighted by Gasteiger charge is -2.10. The smallest absolute Gasteiger partial charge is 0.272 e. The van der Waals surface area contributed by atoms with Gasteiger partial charge in [-0.15, -0.1) is 0 Å². The highest BCUT2D eigenvalue weighted by Gasteiger charge is 2.14. The number of hydrogen-bond acceptors (Lipinski definition) is 2. The van der Waals surface area contributed by atoms with Crippen LogP contribution >= 0.6 is 11.6 Å². The maximum atomic E-state index is 12.3. The molecule has 1 heterocycles. The number of nitrogens with zero attached hydrogens (tertiary/aromatic N) is 1. The van der Waals surface area contributed by atoms with E-state index in [0.29, 0.717) is 16.4 Å². The Morgan fingerprint density at radius 2 is 2.15 bits per heavy atom. The van der Waals surface area contributed by atoms with Crippen LogP contribution in [0.5, 0.6) is 5.75 Å². The first-order valence-corrected chi connectivity index (χ1v) is 6.85. The van der Waals surface area contributed by atoms with E-state index in [4.69, 9.17) is 11.6 Å². The number of phenolic OH excluding ortho intramolecular Hbond substituents is 1. The minimum Gasteiger partial charge on any atom is -0.508 e. The molecule has 2 rings (SSSR count). The van der Waals surface area contributed by atoms with Gasteiger partial charge in [0, 0.05) is 18.4 Å². The molecule has 0 aliphatic heterocycles. The van der Waals surface area contributed by atoms with Crippen molar-refractivity contribution in [2.45, 2.75) is 26.8 Å². The number of carbonyl (C=O) groups is 1. The number of carbonyl (C=O) groups excluding carboxylic acids is 1. The van der Waals surface area contributed by atoms with Crippen LogP contribution in [0.4, 0.5) is 5.69 Å². The highest BCUT2D eigenvalue weighted by molar-refractivity contribution is 6.31. The Balaban J connectivity index is 2.23. The fourth-order valence-corrected chi connectivity index (χ4v) is 2.29. The molecule has 0 radical (unpaired) electrons. The number of halogens is 1. The summed E-state index contributed by atoms with van der Waals surface area (Å²) in [5.41, 5.74) is 2.01. The Bertz CT molecular complexity index is 635. The summed E-state index contributed by atoms with van der Waals surface area (Å²) in [5.74, 6) is -0.0305. The lowest BCUT2D eigenvalue weighted by Crippen LogP contribution is -2.17. The minimum absolute atomic E-state index is 0.179. The second kappa shape index (κ2) is 6.01. The minimum atomic E-state index is -0.209. The molecule has 5 heteroatoms. The highest BCUT2D eigenvalue weighted by atomic mass is 35.5. The van der Waals surface area contributed by atoms with Crippen molar-refractivity contribution in [2.24, 2.45) is 0 Å². The molecule has 0 fully saturated rings. The van der Waals surface area contributed by atoms with Crippen molar-refractivity contribution in [1.29, 1.82) is 0 Å². The summed E-state index contributed by atoms with van der Waals surface area (Å²) in [6.45, 7) is 4.61. The molecule has 2 aromatic rings. The van der Waals surface area contributed by atoms with Gasteiger partial charge in [-0.1, -0.05) is 18.5 Å². The van der Waals surface area contributed by atoms with Crippen LogP contribution in [0.1, 0.15) is 29.4 Å². The predicted octanol–water partition coefficient (Wildman–Crippen LogP) is 3.82. The SMILES string of the molecule is CCCn1cc(Cl)cc1C(=O)Nc1ccc(O)cc1C. The fraction of sp³-hybridized carbons (Fsp3) is 0.267. The fourth-order valence-electron chi connectivity index (χ4n) is 2.07. The van der Waals surface area contributed by atoms with Gasteiger partial charge in [-0.2, -0.15) is 0 Å². The average molecular weight is 293 g/mol. The third-order valence-electron chi connectivity index (χ3n) is 3.02. The van der Waals surface area contributed by atoms with Gasteiger partial charge in [0.1, 0.15) is 11.4 Å². The first-order chi connectivity index (χ1) is 9.51. The van der Waals surface area contributed by atoms with E-state index in [9.17, 15) is 9.90 Å². The van der Waals surface area contributed by atoms with Crippen LogP contribution in [0.2, 0.25) is 5.02 Å². The molecule has 4 nitrogen and oxygen atoms in total. The van der Waals surface area contributed by atoms with Gasteiger partial charge in [0.05, 0.1) is 5.02 Å². The molecule has 0 aliphatic carbocycles. The molecule has 1 amide bonds. The van der Waals surface area contributed by atoms with Gasteiger partial charge < -0.3 is 15.0 Å². The summed E-state index contributed by atoms with van der Waals surface area (Å²) in [4.78, 5) is 12.3. The number of anilines is 1. The molecule has 0 saturated carbocycles. The zero-order valence-corrected chi connectivity index (χ0v) is 12.2. The molecule has 2 N–H and O–H groups in total. The Kier molecular flexibility index (Phi) is 4.35. The monoisotopic (exact) mass is 292 g/mol. The lowest BCUT2D eigenvalue weighted by molar-refractivity contribution is 0.101. The van der Waals surface area contributed by atoms with Crippen molar-refractivity contribution in [3.05, 3.63) is 46.7 Å². The average Bonchev–Trinajstić information content (AvgIpc) is 2.74. The number of amides is 1. The summed E-state index contributed by atoms with van der Waals surface area (Å²) in [7, 11) is 0. The maximum Gasteiger partial charge on any atom is 0.272 e. The quantitative estimate of drug-likeness (QED) is 0.842. The molecule has 0 atom stereocenters. The number of hydrogen-bond donors (Lipinski definition) is 2. The zero-order valence-electron chi connectivity index (χ0n) is 11.5. The third kappa shape index (κ3) is 3.14. The van der Waals surface area contributed by atoms with E-state index in [0.717, 1.165) is 18.5 Å². The number of aromatic hydroxyl groups is 1. The number of phenols is 1. The van der Waals surface area contributed by atoms with Gasteiger partial charge in [-0.3, -0.25) is 4.79 Å². The first-order valence-electron chi connectivity index (χ1n) is 6.48. The summed E-state index contributed by atoms with van der Waals surface area (Å²) in [6.07, 6.45) is 2.67. The topological polar surface area (TPSA) is 54.3 Å². The van der Waals surface area contributed by atoms with Gasteiger partial charge in [0.15, 0.2) is 0 Å². The van der Waals surface area contributed by atoms with Gasteiger partial charge >= 0.3 is 0 Å². The molecule has 0 aliphatic rings. The second-order valence-corrected chi connectivity index (χ2v) is 5.13. The molecular weight excluding hydrogens is 276 g/mol. The maximum absolute atomic E-state index is 12.3. The molecule has 0 bridgehead atoms. The highest BCUT2D eigenvalue weighted by Crippen LogP contribution is 2.22. The Morgan fingerprint density at radius 3 is 2.80 bits per heavy atom. The molecule has 1 aromatic carbocycles. The van der Waals surface area contributed by atoms with Crippen LogP contribution < -0.4 is 5.32 Å². The van der Waals surface area contributed by atoms with Gasteiger partial charge in [0.2, 0.25) is 0 Å². The van der Waals surface area contributed by atoms with E-state index >= 15 is 0 Å². The molecular formula is C15H17ClN2O2. The van der Waals surface area contributed by atoms with Crippen LogP contribution in [0.3, 0.4) is 0 Å². The van der Waals surface area contributed by atoms with Gasteiger partial charge in [0.25, 0.3) is 5.91 Å². The zero-order chi connectivity index (χ0) is 14.7. The number of aryl methyl sites for hydroxylation is 2. The number of aromatic nitrogens is 1. The van der Waals surface area contributed by atoms with Crippen molar-refractivity contribution in [3.63, 3.8) is 0 Å². The Morgan fingerprint density at radius 1 is 1.40 bits per heavy atom. The van der Waals surface area contributed by atoms with E-state index in [-0.39, 0.29) is 11.7 Å². The Hall–Kier alpha value is -1.94. The van der Waals surface area contributed by atoms with Crippen molar-refractivity contribution >= 4 is 23.2 Å². The van der Waals surface area contributed by atoms with Crippen LogP contribution in [-0.2, 0) is 6.54 Å². The van der Waals surface area contributed by atoms with Crippen molar-refractivity contribution < 1.29 is 9.90 Å². The van der Waals surface area contributed by atoms with Gasteiger partial charge in [-0.25, -0.2) is 0 Å². The number of benzene rings is 1. The molecule has 0 unspecified atom stereocenters.